The summed E-state index contributed by atoms with van der Waals surface area (Å²) in [5.74, 6) is 2.46. The van der Waals surface area contributed by atoms with Gasteiger partial charge in [0.25, 0.3) is 0 Å². The summed E-state index contributed by atoms with van der Waals surface area (Å²) in [5, 5.41) is 9.82. The molecule has 0 amide bonds. The van der Waals surface area contributed by atoms with Crippen molar-refractivity contribution in [3.63, 3.8) is 0 Å². The van der Waals surface area contributed by atoms with Crippen LogP contribution in [0.4, 0.5) is 0 Å². The van der Waals surface area contributed by atoms with Gasteiger partial charge in [-0.25, -0.2) is 0 Å². The molecule has 0 spiro atoms. The molecule has 2 aliphatic carbocycles. The predicted molar refractivity (Wildman–Crippen MR) is 107 cm³/mol. The SMILES string of the molecule is CC(CC[C@H]1CC[C@H](n2cc3ccc(OCC4CC4)cc3n2)CC1)N=[N+]=[N-]. The van der Waals surface area contributed by atoms with Crippen LogP contribution >= 0.6 is 0 Å². The van der Waals surface area contributed by atoms with Gasteiger partial charge in [0.05, 0.1) is 18.2 Å². The largest absolute Gasteiger partial charge is 0.493 e. The van der Waals surface area contributed by atoms with Crippen molar-refractivity contribution in [3.05, 3.63) is 34.8 Å². The Labute approximate surface area is 160 Å². The van der Waals surface area contributed by atoms with Gasteiger partial charge in [0.1, 0.15) is 5.75 Å². The van der Waals surface area contributed by atoms with E-state index in [1.807, 2.05) is 6.92 Å². The topological polar surface area (TPSA) is 75.8 Å². The van der Waals surface area contributed by atoms with E-state index >= 15 is 0 Å². The van der Waals surface area contributed by atoms with Gasteiger partial charge in [-0.2, -0.15) is 5.10 Å². The molecule has 1 atom stereocenters. The second kappa shape index (κ2) is 8.22. The zero-order valence-corrected chi connectivity index (χ0v) is 16.1. The molecule has 0 radical (unpaired) electrons. The Bertz CT molecular complexity index is 813. The number of azide groups is 1. The maximum absolute atomic E-state index is 8.51. The standard InChI is InChI=1S/C21H29N5O/c1-15(23-25-22)2-3-16-6-9-19(10-7-16)26-13-18-8-11-20(12-21(18)24-26)27-14-17-4-5-17/h8,11-13,15-17,19H,2-7,9-10,14H2,1H3/t15?,16-,19-. The van der Waals surface area contributed by atoms with Crippen molar-refractivity contribution in [1.29, 1.82) is 0 Å². The second-order valence-corrected chi connectivity index (χ2v) is 8.39. The first-order valence-electron chi connectivity index (χ1n) is 10.4. The highest BCUT2D eigenvalue weighted by molar-refractivity contribution is 5.79. The van der Waals surface area contributed by atoms with Crippen LogP contribution < -0.4 is 4.74 Å². The van der Waals surface area contributed by atoms with Gasteiger partial charge in [0, 0.05) is 28.6 Å². The van der Waals surface area contributed by atoms with Crippen LogP contribution in [-0.2, 0) is 0 Å². The van der Waals surface area contributed by atoms with E-state index in [0.29, 0.717) is 6.04 Å². The Morgan fingerprint density at radius 3 is 2.74 bits per heavy atom. The molecule has 4 rings (SSSR count). The van der Waals surface area contributed by atoms with Crippen LogP contribution in [0.2, 0.25) is 0 Å². The smallest absolute Gasteiger partial charge is 0.121 e. The molecule has 1 unspecified atom stereocenters. The molecule has 2 aliphatic rings. The molecule has 0 saturated heterocycles. The van der Waals surface area contributed by atoms with Crippen LogP contribution in [0, 0.1) is 11.8 Å². The van der Waals surface area contributed by atoms with E-state index in [-0.39, 0.29) is 6.04 Å². The first-order chi connectivity index (χ1) is 13.2. The zero-order valence-electron chi connectivity index (χ0n) is 16.1. The van der Waals surface area contributed by atoms with Crippen molar-refractivity contribution in [2.24, 2.45) is 17.0 Å². The number of hydrogen-bond donors (Lipinski definition) is 0. The third-order valence-electron chi connectivity index (χ3n) is 6.11. The van der Waals surface area contributed by atoms with E-state index in [9.17, 15) is 0 Å². The van der Waals surface area contributed by atoms with E-state index in [1.165, 1.54) is 43.9 Å². The number of ether oxygens (including phenoxy) is 1. The maximum atomic E-state index is 8.51. The molecule has 0 aliphatic heterocycles. The van der Waals surface area contributed by atoms with E-state index in [1.54, 1.807) is 0 Å². The third-order valence-corrected chi connectivity index (χ3v) is 6.11. The lowest BCUT2D eigenvalue weighted by atomic mass is 9.83. The monoisotopic (exact) mass is 367 g/mol. The Morgan fingerprint density at radius 2 is 2.00 bits per heavy atom. The lowest BCUT2D eigenvalue weighted by Crippen LogP contribution is -2.19. The first kappa shape index (κ1) is 18.2. The van der Waals surface area contributed by atoms with Gasteiger partial charge in [-0.3, -0.25) is 4.68 Å². The molecule has 144 valence electrons. The van der Waals surface area contributed by atoms with Crippen molar-refractivity contribution < 1.29 is 4.74 Å². The van der Waals surface area contributed by atoms with E-state index < -0.39 is 0 Å². The highest BCUT2D eigenvalue weighted by Gasteiger charge is 2.24. The Hall–Kier alpha value is -2.20. The fraction of sp³-hybridized carbons (Fsp3) is 0.667. The Morgan fingerprint density at radius 1 is 1.22 bits per heavy atom. The molecule has 6 heteroatoms. The van der Waals surface area contributed by atoms with E-state index in [2.05, 4.69) is 39.1 Å². The van der Waals surface area contributed by atoms with Crippen molar-refractivity contribution in [3.8, 4) is 5.75 Å². The summed E-state index contributed by atoms with van der Waals surface area (Å²) in [6, 6.07) is 6.89. The number of nitrogens with zero attached hydrogens (tertiary/aromatic N) is 5. The molecule has 27 heavy (non-hydrogen) atoms. The molecule has 6 nitrogen and oxygen atoms in total. The van der Waals surface area contributed by atoms with Gasteiger partial charge in [-0.1, -0.05) is 18.5 Å². The summed E-state index contributed by atoms with van der Waals surface area (Å²) in [4.78, 5) is 2.91. The lowest BCUT2D eigenvalue weighted by molar-refractivity contribution is 0.246. The minimum atomic E-state index is 0.112. The lowest BCUT2D eigenvalue weighted by Gasteiger charge is -2.29. The number of rotatable bonds is 8. The van der Waals surface area contributed by atoms with Crippen LogP contribution in [0.5, 0.6) is 5.75 Å². The van der Waals surface area contributed by atoms with Crippen LogP contribution in [0.1, 0.15) is 64.3 Å². The summed E-state index contributed by atoms with van der Waals surface area (Å²) in [6.45, 7) is 2.85. The van der Waals surface area contributed by atoms with Crippen molar-refractivity contribution in [2.75, 3.05) is 6.61 Å². The summed E-state index contributed by atoms with van der Waals surface area (Å²) >= 11 is 0. The summed E-state index contributed by atoms with van der Waals surface area (Å²) in [6.07, 6.45) is 11.8. The molecule has 1 aromatic carbocycles. The fourth-order valence-corrected chi connectivity index (χ4v) is 4.11. The number of hydrogen-bond acceptors (Lipinski definition) is 3. The minimum Gasteiger partial charge on any atom is -0.493 e. The van der Waals surface area contributed by atoms with Gasteiger partial charge >= 0.3 is 0 Å². The minimum absolute atomic E-state index is 0.112. The molecule has 1 heterocycles. The van der Waals surface area contributed by atoms with E-state index in [0.717, 1.165) is 42.6 Å². The number of fused-ring (bicyclic) bond motifs is 1. The average Bonchev–Trinajstić information content (AvgIpc) is 3.42. The van der Waals surface area contributed by atoms with Crippen LogP contribution in [0.3, 0.4) is 0 Å². The Balaban J connectivity index is 1.32. The average molecular weight is 367 g/mol. The zero-order chi connectivity index (χ0) is 18.6. The highest BCUT2D eigenvalue weighted by Crippen LogP contribution is 2.35. The van der Waals surface area contributed by atoms with Gasteiger partial charge in [-0.15, -0.1) is 0 Å². The van der Waals surface area contributed by atoms with Crippen molar-refractivity contribution in [1.82, 2.24) is 9.78 Å². The molecule has 0 N–H and O–H groups in total. The van der Waals surface area contributed by atoms with Crippen LogP contribution in [0.15, 0.2) is 29.5 Å². The molecular formula is C21H29N5O. The second-order valence-electron chi connectivity index (χ2n) is 8.39. The van der Waals surface area contributed by atoms with Crippen LogP contribution in [0.25, 0.3) is 21.3 Å². The number of benzene rings is 1. The van der Waals surface area contributed by atoms with Crippen molar-refractivity contribution >= 4 is 10.9 Å². The molecule has 2 saturated carbocycles. The van der Waals surface area contributed by atoms with Gasteiger partial charge < -0.3 is 4.74 Å². The summed E-state index contributed by atoms with van der Waals surface area (Å²) in [5.41, 5.74) is 9.54. The molecular weight excluding hydrogens is 338 g/mol. The highest BCUT2D eigenvalue weighted by atomic mass is 16.5. The summed E-state index contributed by atoms with van der Waals surface area (Å²) in [7, 11) is 0. The van der Waals surface area contributed by atoms with Gasteiger partial charge in [-0.05, 0) is 74.4 Å². The molecule has 1 aromatic heterocycles. The van der Waals surface area contributed by atoms with Gasteiger partial charge in [0.2, 0.25) is 0 Å². The number of aromatic nitrogens is 2. The quantitative estimate of drug-likeness (QED) is 0.324. The molecule has 2 fully saturated rings. The van der Waals surface area contributed by atoms with E-state index in [4.69, 9.17) is 15.4 Å². The predicted octanol–water partition coefficient (Wildman–Crippen LogP) is 6.04. The normalized spacial score (nSPS) is 23.7. The summed E-state index contributed by atoms with van der Waals surface area (Å²) < 4.78 is 8.07. The van der Waals surface area contributed by atoms with Crippen molar-refractivity contribution in [2.45, 2.75) is 70.4 Å². The van der Waals surface area contributed by atoms with Gasteiger partial charge in [0.15, 0.2) is 0 Å². The molecule has 2 aromatic rings. The Kier molecular flexibility index (Phi) is 5.53. The third kappa shape index (κ3) is 4.75. The molecule has 0 bridgehead atoms. The fourth-order valence-electron chi connectivity index (χ4n) is 4.11. The first-order valence-corrected chi connectivity index (χ1v) is 10.4. The maximum Gasteiger partial charge on any atom is 0.121 e. The van der Waals surface area contributed by atoms with Crippen LogP contribution in [-0.4, -0.2) is 22.4 Å².